The van der Waals surface area contributed by atoms with Crippen LogP contribution < -0.4 is 5.32 Å². The SMILES string of the molecule is O=C(Cc1coc2ccc3ccccc3c12)NCCc1ccc(F)cc1. The van der Waals surface area contributed by atoms with Gasteiger partial charge in [0.15, 0.2) is 0 Å². The molecule has 0 atom stereocenters. The monoisotopic (exact) mass is 347 g/mol. The predicted molar refractivity (Wildman–Crippen MR) is 101 cm³/mol. The van der Waals surface area contributed by atoms with Gasteiger partial charge < -0.3 is 9.73 Å². The summed E-state index contributed by atoms with van der Waals surface area (Å²) < 4.78 is 18.5. The third-order valence-electron chi connectivity index (χ3n) is 4.54. The first-order valence-electron chi connectivity index (χ1n) is 8.60. The lowest BCUT2D eigenvalue weighted by atomic mass is 10.0. The highest BCUT2D eigenvalue weighted by Crippen LogP contribution is 2.30. The molecule has 4 rings (SSSR count). The van der Waals surface area contributed by atoms with Gasteiger partial charge in [-0.2, -0.15) is 0 Å². The number of halogens is 1. The van der Waals surface area contributed by atoms with E-state index in [1.54, 1.807) is 18.4 Å². The molecule has 1 aromatic heterocycles. The molecule has 1 N–H and O–H groups in total. The van der Waals surface area contributed by atoms with Gasteiger partial charge in [-0.25, -0.2) is 4.39 Å². The van der Waals surface area contributed by atoms with Crippen LogP contribution in [0.3, 0.4) is 0 Å². The Morgan fingerprint density at radius 2 is 1.81 bits per heavy atom. The highest BCUT2D eigenvalue weighted by Gasteiger charge is 2.13. The number of nitrogens with one attached hydrogen (secondary N) is 1. The number of benzene rings is 3. The third kappa shape index (κ3) is 3.31. The van der Waals surface area contributed by atoms with Crippen molar-refractivity contribution in [1.29, 1.82) is 0 Å². The van der Waals surface area contributed by atoms with Crippen LogP contribution in [0.5, 0.6) is 0 Å². The Balaban J connectivity index is 1.46. The average Bonchev–Trinajstić information content (AvgIpc) is 3.07. The van der Waals surface area contributed by atoms with Crippen molar-refractivity contribution in [2.45, 2.75) is 12.8 Å². The van der Waals surface area contributed by atoms with Crippen LogP contribution in [-0.4, -0.2) is 12.5 Å². The maximum Gasteiger partial charge on any atom is 0.224 e. The lowest BCUT2D eigenvalue weighted by molar-refractivity contribution is -0.120. The van der Waals surface area contributed by atoms with Crippen LogP contribution in [0.25, 0.3) is 21.7 Å². The molecular formula is C22H18FNO2. The summed E-state index contributed by atoms with van der Waals surface area (Å²) in [5, 5.41) is 6.13. The Hall–Kier alpha value is -3.14. The smallest absolute Gasteiger partial charge is 0.224 e. The number of carbonyl (C=O) groups excluding carboxylic acids is 1. The van der Waals surface area contributed by atoms with Crippen LogP contribution in [0.2, 0.25) is 0 Å². The molecule has 1 heterocycles. The quantitative estimate of drug-likeness (QED) is 0.572. The zero-order chi connectivity index (χ0) is 17.9. The molecule has 4 aromatic rings. The summed E-state index contributed by atoms with van der Waals surface area (Å²) >= 11 is 0. The molecule has 0 bridgehead atoms. The summed E-state index contributed by atoms with van der Waals surface area (Å²) in [6.07, 6.45) is 2.60. The minimum atomic E-state index is -0.253. The van der Waals surface area contributed by atoms with Crippen molar-refractivity contribution >= 4 is 27.6 Å². The van der Waals surface area contributed by atoms with E-state index in [1.165, 1.54) is 12.1 Å². The van der Waals surface area contributed by atoms with E-state index in [2.05, 4.69) is 5.32 Å². The van der Waals surface area contributed by atoms with E-state index in [1.807, 2.05) is 36.4 Å². The summed E-state index contributed by atoms with van der Waals surface area (Å²) in [5.74, 6) is -0.306. The van der Waals surface area contributed by atoms with Gasteiger partial charge in [0.2, 0.25) is 5.91 Å². The molecule has 0 saturated carbocycles. The van der Waals surface area contributed by atoms with Gasteiger partial charge in [0, 0.05) is 17.5 Å². The lowest BCUT2D eigenvalue weighted by Gasteiger charge is -2.06. The van der Waals surface area contributed by atoms with Crippen molar-refractivity contribution in [3.63, 3.8) is 0 Å². The third-order valence-corrected chi connectivity index (χ3v) is 4.54. The minimum Gasteiger partial charge on any atom is -0.464 e. The number of hydrogen-bond acceptors (Lipinski definition) is 2. The van der Waals surface area contributed by atoms with E-state index in [0.717, 1.165) is 32.9 Å². The van der Waals surface area contributed by atoms with Gasteiger partial charge >= 0.3 is 0 Å². The fourth-order valence-corrected chi connectivity index (χ4v) is 3.24. The maximum atomic E-state index is 12.9. The molecule has 0 radical (unpaired) electrons. The second-order valence-corrected chi connectivity index (χ2v) is 6.32. The molecule has 3 nitrogen and oxygen atoms in total. The number of rotatable bonds is 5. The molecule has 0 aliphatic rings. The second-order valence-electron chi connectivity index (χ2n) is 6.32. The first-order chi connectivity index (χ1) is 12.7. The predicted octanol–water partition coefficient (Wildman–Crippen LogP) is 4.63. The van der Waals surface area contributed by atoms with Gasteiger partial charge in [0.1, 0.15) is 11.4 Å². The molecule has 0 unspecified atom stereocenters. The van der Waals surface area contributed by atoms with Gasteiger partial charge in [0.25, 0.3) is 0 Å². The summed E-state index contributed by atoms with van der Waals surface area (Å²) in [6, 6.07) is 18.4. The van der Waals surface area contributed by atoms with Crippen molar-refractivity contribution in [3.05, 3.63) is 83.9 Å². The summed E-state index contributed by atoms with van der Waals surface area (Å²) in [4.78, 5) is 12.3. The lowest BCUT2D eigenvalue weighted by Crippen LogP contribution is -2.27. The van der Waals surface area contributed by atoms with Gasteiger partial charge in [-0.1, -0.05) is 42.5 Å². The van der Waals surface area contributed by atoms with Crippen molar-refractivity contribution in [2.24, 2.45) is 0 Å². The van der Waals surface area contributed by atoms with Gasteiger partial charge in [-0.15, -0.1) is 0 Å². The van der Waals surface area contributed by atoms with Crippen molar-refractivity contribution < 1.29 is 13.6 Å². The van der Waals surface area contributed by atoms with E-state index in [0.29, 0.717) is 13.0 Å². The number of furan rings is 1. The molecule has 1 amide bonds. The summed E-state index contributed by atoms with van der Waals surface area (Å²) in [6.45, 7) is 0.515. The van der Waals surface area contributed by atoms with E-state index in [9.17, 15) is 9.18 Å². The highest BCUT2D eigenvalue weighted by molar-refractivity contribution is 6.08. The highest BCUT2D eigenvalue weighted by atomic mass is 19.1. The fourth-order valence-electron chi connectivity index (χ4n) is 3.24. The van der Waals surface area contributed by atoms with Gasteiger partial charge in [0.05, 0.1) is 12.7 Å². The molecule has 0 saturated heterocycles. The molecular weight excluding hydrogens is 329 g/mol. The average molecular weight is 347 g/mol. The Morgan fingerprint density at radius 3 is 2.65 bits per heavy atom. The number of carbonyl (C=O) groups is 1. The first-order valence-corrected chi connectivity index (χ1v) is 8.60. The van der Waals surface area contributed by atoms with E-state index < -0.39 is 0 Å². The Labute approximate surface area is 150 Å². The second kappa shape index (κ2) is 7.00. The summed E-state index contributed by atoms with van der Waals surface area (Å²) in [7, 11) is 0. The van der Waals surface area contributed by atoms with Crippen molar-refractivity contribution in [2.75, 3.05) is 6.54 Å². The Morgan fingerprint density at radius 1 is 1.00 bits per heavy atom. The molecule has 0 aliphatic heterocycles. The molecule has 0 spiro atoms. The molecule has 0 fully saturated rings. The van der Waals surface area contributed by atoms with Crippen LogP contribution in [0.4, 0.5) is 4.39 Å². The van der Waals surface area contributed by atoms with Crippen LogP contribution in [0.1, 0.15) is 11.1 Å². The van der Waals surface area contributed by atoms with Crippen molar-refractivity contribution in [3.8, 4) is 0 Å². The Bertz CT molecular complexity index is 1070. The number of fused-ring (bicyclic) bond motifs is 3. The molecule has 4 heteroatoms. The molecule has 26 heavy (non-hydrogen) atoms. The topological polar surface area (TPSA) is 42.2 Å². The van der Waals surface area contributed by atoms with Crippen LogP contribution in [0, 0.1) is 5.82 Å². The Kier molecular flexibility index (Phi) is 4.40. The van der Waals surface area contributed by atoms with Crippen molar-refractivity contribution in [1.82, 2.24) is 5.32 Å². The largest absolute Gasteiger partial charge is 0.464 e. The standard InChI is InChI=1S/C22H18FNO2/c23-18-8-5-15(6-9-18)11-12-24-21(25)13-17-14-26-20-10-7-16-3-1-2-4-19(16)22(17)20/h1-10,14H,11-13H2,(H,24,25). The van der Waals surface area contributed by atoms with Gasteiger partial charge in [-0.05, 0) is 41.0 Å². The summed E-state index contributed by atoms with van der Waals surface area (Å²) in [5.41, 5.74) is 2.67. The minimum absolute atomic E-state index is 0.0530. The van der Waals surface area contributed by atoms with E-state index in [4.69, 9.17) is 4.42 Å². The van der Waals surface area contributed by atoms with E-state index in [-0.39, 0.29) is 18.1 Å². The first kappa shape index (κ1) is 16.3. The maximum absolute atomic E-state index is 12.9. The molecule has 3 aromatic carbocycles. The van der Waals surface area contributed by atoms with E-state index >= 15 is 0 Å². The molecule has 0 aliphatic carbocycles. The fraction of sp³-hybridized carbons (Fsp3) is 0.136. The van der Waals surface area contributed by atoms with Crippen LogP contribution in [0.15, 0.2) is 71.3 Å². The van der Waals surface area contributed by atoms with Crippen LogP contribution >= 0.6 is 0 Å². The molecule has 130 valence electrons. The van der Waals surface area contributed by atoms with Crippen LogP contribution in [-0.2, 0) is 17.6 Å². The zero-order valence-corrected chi connectivity index (χ0v) is 14.2. The number of hydrogen-bond donors (Lipinski definition) is 1. The van der Waals surface area contributed by atoms with Gasteiger partial charge in [-0.3, -0.25) is 4.79 Å². The normalized spacial score (nSPS) is 11.1. The zero-order valence-electron chi connectivity index (χ0n) is 14.2. The number of amides is 1.